The second kappa shape index (κ2) is 8.12. The minimum absolute atomic E-state index is 0.0184. The summed E-state index contributed by atoms with van der Waals surface area (Å²) in [4.78, 5) is 22.8. The quantitative estimate of drug-likeness (QED) is 0.767. The van der Waals surface area contributed by atoms with Crippen LogP contribution in [0.1, 0.15) is 34.7 Å². The molecule has 3 rings (SSSR count). The van der Waals surface area contributed by atoms with Crippen molar-refractivity contribution in [3.8, 4) is 0 Å². The molecule has 148 valence electrons. The van der Waals surface area contributed by atoms with E-state index in [0.29, 0.717) is 12.8 Å². The molecule has 0 radical (unpaired) electrons. The maximum atomic E-state index is 12.8. The van der Waals surface area contributed by atoms with E-state index in [1.807, 2.05) is 6.07 Å². The Balaban J connectivity index is 1.73. The molecule has 1 aliphatic heterocycles. The Morgan fingerprint density at radius 1 is 0.929 bits per heavy atom. The molecule has 0 bridgehead atoms. The Hall–Kier alpha value is -2.71. The number of benzene rings is 2. The number of carboxylic acid groups (broad SMARTS) is 2. The maximum absolute atomic E-state index is 12.8. The van der Waals surface area contributed by atoms with Crippen LogP contribution in [-0.2, 0) is 14.8 Å². The summed E-state index contributed by atoms with van der Waals surface area (Å²) >= 11 is 0. The molecule has 2 aromatic rings. The average molecular weight is 403 g/mol. The highest BCUT2D eigenvalue weighted by Gasteiger charge is 2.36. The van der Waals surface area contributed by atoms with E-state index >= 15 is 0 Å². The highest BCUT2D eigenvalue weighted by atomic mass is 32.2. The normalized spacial score (nSPS) is 17.1. The molecule has 2 aromatic carbocycles. The molecule has 0 aliphatic carbocycles. The Labute approximate surface area is 163 Å². The van der Waals surface area contributed by atoms with Gasteiger partial charge >= 0.3 is 11.9 Å². The SMILES string of the molecule is O=C(O)c1ccc(S(=O)(=O)N2CCC([C@H](C(=O)O)c3ccccc3)CC2)cc1. The van der Waals surface area contributed by atoms with Crippen molar-refractivity contribution in [2.45, 2.75) is 23.7 Å². The summed E-state index contributed by atoms with van der Waals surface area (Å²) in [7, 11) is -3.75. The molecule has 2 N–H and O–H groups in total. The van der Waals surface area contributed by atoms with E-state index < -0.39 is 27.9 Å². The van der Waals surface area contributed by atoms with Gasteiger partial charge in [0.2, 0.25) is 10.0 Å². The van der Waals surface area contributed by atoms with E-state index in [2.05, 4.69) is 0 Å². The molecule has 1 aliphatic rings. The van der Waals surface area contributed by atoms with Gasteiger partial charge in [-0.3, -0.25) is 4.79 Å². The van der Waals surface area contributed by atoms with Crippen LogP contribution in [0.3, 0.4) is 0 Å². The molecule has 1 atom stereocenters. The van der Waals surface area contributed by atoms with Crippen molar-refractivity contribution in [1.82, 2.24) is 4.31 Å². The van der Waals surface area contributed by atoms with Crippen molar-refractivity contribution in [2.24, 2.45) is 5.92 Å². The maximum Gasteiger partial charge on any atom is 0.335 e. The van der Waals surface area contributed by atoms with Crippen LogP contribution >= 0.6 is 0 Å². The van der Waals surface area contributed by atoms with E-state index in [4.69, 9.17) is 5.11 Å². The van der Waals surface area contributed by atoms with Crippen molar-refractivity contribution in [3.05, 3.63) is 65.7 Å². The van der Waals surface area contributed by atoms with E-state index in [9.17, 15) is 23.1 Å². The minimum Gasteiger partial charge on any atom is -0.481 e. The first-order valence-electron chi connectivity index (χ1n) is 8.92. The van der Waals surface area contributed by atoms with Gasteiger partial charge in [0.25, 0.3) is 0 Å². The van der Waals surface area contributed by atoms with Gasteiger partial charge in [-0.1, -0.05) is 30.3 Å². The number of sulfonamides is 1. The predicted octanol–water partition coefficient (Wildman–Crippen LogP) is 2.65. The summed E-state index contributed by atoms with van der Waals surface area (Å²) in [6.45, 7) is 0.453. The van der Waals surface area contributed by atoms with Crippen molar-refractivity contribution >= 4 is 22.0 Å². The van der Waals surface area contributed by atoms with Crippen LogP contribution in [0.2, 0.25) is 0 Å². The van der Waals surface area contributed by atoms with Crippen LogP contribution in [0.15, 0.2) is 59.5 Å². The lowest BCUT2D eigenvalue weighted by molar-refractivity contribution is -0.140. The Morgan fingerprint density at radius 2 is 1.50 bits per heavy atom. The molecule has 0 unspecified atom stereocenters. The molecular formula is C20H21NO6S. The second-order valence-corrected chi connectivity index (χ2v) is 8.74. The third kappa shape index (κ3) is 4.07. The first kappa shape index (κ1) is 20.0. The fraction of sp³-hybridized carbons (Fsp3) is 0.300. The summed E-state index contributed by atoms with van der Waals surface area (Å²) in [5.41, 5.74) is 0.741. The van der Waals surface area contributed by atoms with Gasteiger partial charge in [0.05, 0.1) is 16.4 Å². The van der Waals surface area contributed by atoms with Crippen LogP contribution in [0.4, 0.5) is 0 Å². The highest BCUT2D eigenvalue weighted by molar-refractivity contribution is 7.89. The van der Waals surface area contributed by atoms with E-state index in [1.165, 1.54) is 28.6 Å². The molecule has 1 heterocycles. The highest BCUT2D eigenvalue weighted by Crippen LogP contribution is 2.34. The van der Waals surface area contributed by atoms with E-state index in [-0.39, 0.29) is 29.5 Å². The number of carbonyl (C=O) groups is 2. The van der Waals surface area contributed by atoms with Crippen LogP contribution < -0.4 is 0 Å². The summed E-state index contributed by atoms with van der Waals surface area (Å²) in [6.07, 6.45) is 0.886. The number of piperidine rings is 1. The number of hydrogen-bond donors (Lipinski definition) is 2. The van der Waals surface area contributed by atoms with Crippen LogP contribution in [0, 0.1) is 5.92 Å². The topological polar surface area (TPSA) is 112 Å². The summed E-state index contributed by atoms with van der Waals surface area (Å²) in [6, 6.07) is 14.1. The molecule has 0 spiro atoms. The number of rotatable bonds is 6. The second-order valence-electron chi connectivity index (χ2n) is 6.80. The fourth-order valence-corrected chi connectivity index (χ4v) is 5.11. The van der Waals surface area contributed by atoms with Gasteiger partial charge in [-0.15, -0.1) is 0 Å². The van der Waals surface area contributed by atoms with Gasteiger partial charge in [0.1, 0.15) is 0 Å². The van der Waals surface area contributed by atoms with Gasteiger partial charge in [0.15, 0.2) is 0 Å². The lowest BCUT2D eigenvalue weighted by Gasteiger charge is -2.34. The lowest BCUT2D eigenvalue weighted by Crippen LogP contribution is -2.40. The zero-order valence-electron chi connectivity index (χ0n) is 15.1. The number of nitrogens with zero attached hydrogens (tertiary/aromatic N) is 1. The molecule has 28 heavy (non-hydrogen) atoms. The van der Waals surface area contributed by atoms with Crippen LogP contribution in [-0.4, -0.2) is 48.0 Å². The number of carboxylic acids is 2. The van der Waals surface area contributed by atoms with Crippen molar-refractivity contribution in [3.63, 3.8) is 0 Å². The standard InChI is InChI=1S/C20H21NO6S/c22-19(23)16-6-8-17(9-7-16)28(26,27)21-12-10-15(11-13-21)18(20(24)25)14-4-2-1-3-5-14/h1-9,15,18H,10-13H2,(H,22,23)(H,24,25)/t18-/m1/s1. The van der Waals surface area contributed by atoms with Gasteiger partial charge < -0.3 is 10.2 Å². The molecule has 1 saturated heterocycles. The van der Waals surface area contributed by atoms with Crippen molar-refractivity contribution < 1.29 is 28.2 Å². The van der Waals surface area contributed by atoms with E-state index in [1.54, 1.807) is 24.3 Å². The van der Waals surface area contributed by atoms with Gasteiger partial charge in [-0.2, -0.15) is 4.31 Å². The Bertz CT molecular complexity index is 948. The van der Waals surface area contributed by atoms with Gasteiger partial charge in [-0.05, 0) is 48.6 Å². The van der Waals surface area contributed by atoms with Gasteiger partial charge in [0, 0.05) is 13.1 Å². The summed E-state index contributed by atoms with van der Waals surface area (Å²) in [5.74, 6) is -2.84. The largest absolute Gasteiger partial charge is 0.481 e. The van der Waals surface area contributed by atoms with E-state index in [0.717, 1.165) is 5.56 Å². The van der Waals surface area contributed by atoms with Gasteiger partial charge in [-0.25, -0.2) is 13.2 Å². The number of aromatic carboxylic acids is 1. The fourth-order valence-electron chi connectivity index (χ4n) is 3.64. The molecule has 1 fully saturated rings. The average Bonchev–Trinajstić information content (AvgIpc) is 2.69. The molecule has 0 saturated carbocycles. The predicted molar refractivity (Wildman–Crippen MR) is 102 cm³/mol. The third-order valence-electron chi connectivity index (χ3n) is 5.13. The van der Waals surface area contributed by atoms with Crippen LogP contribution in [0.5, 0.6) is 0 Å². The zero-order valence-corrected chi connectivity index (χ0v) is 15.9. The van der Waals surface area contributed by atoms with Crippen molar-refractivity contribution in [2.75, 3.05) is 13.1 Å². The number of hydrogen-bond acceptors (Lipinski definition) is 4. The third-order valence-corrected chi connectivity index (χ3v) is 7.05. The lowest BCUT2D eigenvalue weighted by atomic mass is 9.80. The monoisotopic (exact) mass is 403 g/mol. The Kier molecular flexibility index (Phi) is 5.81. The zero-order chi connectivity index (χ0) is 20.3. The molecule has 7 nitrogen and oxygen atoms in total. The minimum atomic E-state index is -3.75. The smallest absolute Gasteiger partial charge is 0.335 e. The molecule has 8 heteroatoms. The molecular weight excluding hydrogens is 382 g/mol. The first-order valence-corrected chi connectivity index (χ1v) is 10.4. The van der Waals surface area contributed by atoms with Crippen LogP contribution in [0.25, 0.3) is 0 Å². The van der Waals surface area contributed by atoms with Crippen molar-refractivity contribution in [1.29, 1.82) is 0 Å². The molecule has 0 aromatic heterocycles. The summed E-state index contributed by atoms with van der Waals surface area (Å²) in [5, 5.41) is 18.6. The molecule has 0 amide bonds. The first-order chi connectivity index (χ1) is 13.3. The summed E-state index contributed by atoms with van der Waals surface area (Å²) < 4.78 is 27.0. The number of aliphatic carboxylic acids is 1. The Morgan fingerprint density at radius 3 is 2.00 bits per heavy atom.